The smallest absolute Gasteiger partial charge is 0.407 e. The molecule has 7 rings (SSSR count). The first-order chi connectivity index (χ1) is 27.5. The van der Waals surface area contributed by atoms with E-state index in [0.29, 0.717) is 25.3 Å². The maximum Gasteiger partial charge on any atom is 0.407 e. The van der Waals surface area contributed by atoms with E-state index in [1.165, 1.54) is 14.2 Å². The van der Waals surface area contributed by atoms with Crippen molar-refractivity contribution in [1.82, 2.24) is 45.4 Å². The maximum absolute atomic E-state index is 13.7. The lowest BCUT2D eigenvalue weighted by Gasteiger charge is -2.29. The molecule has 15 nitrogen and oxygen atoms in total. The Bertz CT molecular complexity index is 2420. The zero-order valence-corrected chi connectivity index (χ0v) is 33.4. The zero-order valence-electron chi connectivity index (χ0n) is 33.4. The van der Waals surface area contributed by atoms with E-state index in [1.54, 1.807) is 6.20 Å². The van der Waals surface area contributed by atoms with Crippen LogP contribution in [0.4, 0.5) is 9.59 Å². The summed E-state index contributed by atoms with van der Waals surface area (Å²) in [5.74, 6) is 1.39. The summed E-state index contributed by atoms with van der Waals surface area (Å²) in [6.07, 6.45) is 4.60. The highest BCUT2D eigenvalue weighted by atomic mass is 16.5. The number of methoxy groups -OCH3 is 2. The average Bonchev–Trinajstić information content (AvgIpc) is 3.99. The molecule has 1 aliphatic rings. The molecule has 1 unspecified atom stereocenters. The predicted molar refractivity (Wildman–Crippen MR) is 219 cm³/mol. The van der Waals surface area contributed by atoms with Gasteiger partial charge in [0, 0.05) is 46.1 Å². The molecule has 0 aliphatic carbocycles. The number of nitrogens with two attached hydrogens (primary N) is 1. The molecule has 2 aromatic carbocycles. The summed E-state index contributed by atoms with van der Waals surface area (Å²) in [6, 6.07) is 13.2. The van der Waals surface area contributed by atoms with E-state index in [2.05, 4.69) is 52.6 Å². The van der Waals surface area contributed by atoms with Crippen LogP contribution in [0.3, 0.4) is 0 Å². The van der Waals surface area contributed by atoms with E-state index < -0.39 is 18.2 Å². The number of aromatic amines is 2. The van der Waals surface area contributed by atoms with Crippen LogP contribution in [0.5, 0.6) is 0 Å². The first kappa shape index (κ1) is 39.4. The maximum atomic E-state index is 13.7. The lowest BCUT2D eigenvalue weighted by molar-refractivity contribution is -0.135. The average molecular weight is 777 g/mol. The lowest BCUT2D eigenvalue weighted by atomic mass is 9.89. The van der Waals surface area contributed by atoms with Crippen molar-refractivity contribution in [3.63, 3.8) is 0 Å². The molecule has 6 aromatic rings. The van der Waals surface area contributed by atoms with Crippen LogP contribution in [0.1, 0.15) is 83.4 Å². The number of pyridine rings is 2. The molecule has 300 valence electrons. The number of alkyl carbamates (subject to hydrolysis) is 2. The number of carbonyl (C=O) groups is 3. The number of carbonyl (C=O) groups excluding carboxylic acids is 3. The van der Waals surface area contributed by atoms with E-state index in [1.807, 2.05) is 43.0 Å². The second kappa shape index (κ2) is 16.7. The standard InChI is InChI=1S/C42H52N10O5/c1-22(2)31(48-41(54)56-5)20-25(9-7-17-43)38-46-30-16-15-29-26(36(30)49-38)13-14-28(45-29)24-11-12-27-32(19-24)44-21-33-37(27)50-39(47-33)34-10-8-18-52(34)40(53)35(23(3)4)51-42(55)57-6/h11-16,19,21-23,25,31,34-35,45H,7-10,17-18,20,43H2,1-6H3,(H,47,50)(H,48,54)(H,51,55)/t25?,31-,34+,35+/m1/s1. The quantitative estimate of drug-likeness (QED) is 0.0826. The van der Waals surface area contributed by atoms with Gasteiger partial charge in [-0.1, -0.05) is 33.8 Å². The fourth-order valence-corrected chi connectivity index (χ4v) is 7.98. The minimum atomic E-state index is -0.707. The van der Waals surface area contributed by atoms with Crippen molar-refractivity contribution in [2.75, 3.05) is 27.3 Å². The first-order valence-corrected chi connectivity index (χ1v) is 19.8. The van der Waals surface area contributed by atoms with Gasteiger partial charge < -0.3 is 40.7 Å². The third-order valence-electron chi connectivity index (χ3n) is 11.2. The topological polar surface area (TPSA) is 206 Å². The Morgan fingerprint density at radius 1 is 0.877 bits per heavy atom. The van der Waals surface area contributed by atoms with E-state index in [-0.39, 0.29) is 35.7 Å². The van der Waals surface area contributed by atoms with Crippen LogP contribution < -0.4 is 16.4 Å². The summed E-state index contributed by atoms with van der Waals surface area (Å²) < 4.78 is 9.67. The van der Waals surface area contributed by atoms with Gasteiger partial charge in [-0.2, -0.15) is 0 Å². The molecule has 57 heavy (non-hydrogen) atoms. The van der Waals surface area contributed by atoms with Crippen molar-refractivity contribution in [2.24, 2.45) is 17.6 Å². The van der Waals surface area contributed by atoms with Gasteiger partial charge in [0.25, 0.3) is 0 Å². The second-order valence-electron chi connectivity index (χ2n) is 15.6. The van der Waals surface area contributed by atoms with Crippen molar-refractivity contribution in [1.29, 1.82) is 0 Å². The normalized spacial score (nSPS) is 16.2. The van der Waals surface area contributed by atoms with Crippen molar-refractivity contribution in [2.45, 2.75) is 83.8 Å². The van der Waals surface area contributed by atoms with E-state index in [4.69, 9.17) is 35.1 Å². The highest BCUT2D eigenvalue weighted by Gasteiger charge is 2.37. The second-order valence-corrected chi connectivity index (χ2v) is 15.6. The fourth-order valence-electron chi connectivity index (χ4n) is 7.98. The number of fused-ring (bicyclic) bond motifs is 6. The van der Waals surface area contributed by atoms with Gasteiger partial charge in [0.2, 0.25) is 5.91 Å². The molecule has 15 heteroatoms. The molecule has 4 aromatic heterocycles. The van der Waals surface area contributed by atoms with E-state index >= 15 is 0 Å². The van der Waals surface area contributed by atoms with Crippen molar-refractivity contribution in [3.8, 4) is 11.3 Å². The number of amides is 3. The number of aromatic nitrogens is 6. The molecule has 0 saturated carbocycles. The summed E-state index contributed by atoms with van der Waals surface area (Å²) in [7, 11) is 2.66. The number of ether oxygens (including phenoxy) is 2. The van der Waals surface area contributed by atoms with Crippen LogP contribution in [0.15, 0.2) is 48.7 Å². The molecule has 4 atom stereocenters. The summed E-state index contributed by atoms with van der Waals surface area (Å²) in [4.78, 5) is 66.6. The van der Waals surface area contributed by atoms with Crippen LogP contribution in [-0.4, -0.2) is 92.3 Å². The Kier molecular flexibility index (Phi) is 11.6. The Hall–Kier alpha value is -5.83. The number of H-pyrrole nitrogens is 2. The molecule has 1 saturated heterocycles. The van der Waals surface area contributed by atoms with Gasteiger partial charge in [-0.3, -0.25) is 9.78 Å². The Labute approximate surface area is 330 Å². The lowest BCUT2D eigenvalue weighted by Crippen LogP contribution is -2.51. The summed E-state index contributed by atoms with van der Waals surface area (Å²) >= 11 is 0. The van der Waals surface area contributed by atoms with E-state index in [0.717, 1.165) is 86.6 Å². The molecule has 5 heterocycles. The van der Waals surface area contributed by atoms with Crippen LogP contribution >= 0.6 is 0 Å². The molecule has 6 N–H and O–H groups in total. The highest BCUT2D eigenvalue weighted by molar-refractivity contribution is 6.05. The molecule has 0 spiro atoms. The molecular formula is C42H52N10O5. The third-order valence-corrected chi connectivity index (χ3v) is 11.2. The molecular weight excluding hydrogens is 725 g/mol. The monoisotopic (exact) mass is 776 g/mol. The van der Waals surface area contributed by atoms with Crippen molar-refractivity contribution < 1.29 is 23.9 Å². The predicted octanol–water partition coefficient (Wildman–Crippen LogP) is 6.84. The van der Waals surface area contributed by atoms with Gasteiger partial charge in [0.1, 0.15) is 23.2 Å². The van der Waals surface area contributed by atoms with Gasteiger partial charge in [0.15, 0.2) is 0 Å². The number of imidazole rings is 2. The van der Waals surface area contributed by atoms with Crippen LogP contribution in [0, 0.1) is 11.8 Å². The minimum Gasteiger partial charge on any atom is -0.453 e. The molecule has 1 fully saturated rings. The summed E-state index contributed by atoms with van der Waals surface area (Å²) in [5, 5.41) is 7.56. The SMILES string of the molecule is COC(=O)N[C@H](C(=O)N1CCC[C@H]1c1nc2c(cnc3cc(-c4ccc5c(ccc6nc(C(CCCN)C[C@@H](NC(=O)OC)C(C)C)nc65)[nH]4)ccc32)[nH]1)C(C)C. The van der Waals surface area contributed by atoms with Crippen molar-refractivity contribution in [3.05, 3.63) is 60.3 Å². The van der Waals surface area contributed by atoms with Crippen LogP contribution in [0.2, 0.25) is 0 Å². The number of nitrogens with one attached hydrogen (secondary N) is 4. The Morgan fingerprint density at radius 2 is 1.65 bits per heavy atom. The number of likely N-dealkylation sites (tertiary alicyclic amines) is 1. The Balaban J connectivity index is 1.15. The number of hydrogen-bond acceptors (Lipinski definition) is 10. The number of benzene rings is 2. The zero-order chi connectivity index (χ0) is 40.4. The molecule has 0 bridgehead atoms. The van der Waals surface area contributed by atoms with Gasteiger partial charge in [-0.05, 0) is 86.9 Å². The minimum absolute atomic E-state index is 0.0122. The first-order valence-electron chi connectivity index (χ1n) is 19.8. The van der Waals surface area contributed by atoms with Gasteiger partial charge in [-0.25, -0.2) is 24.5 Å². The molecule has 3 amide bonds. The van der Waals surface area contributed by atoms with E-state index in [9.17, 15) is 14.4 Å². The van der Waals surface area contributed by atoms with Crippen LogP contribution in [0.25, 0.3) is 55.1 Å². The summed E-state index contributed by atoms with van der Waals surface area (Å²) in [6.45, 7) is 9.10. The third kappa shape index (κ3) is 8.06. The molecule has 0 radical (unpaired) electrons. The van der Waals surface area contributed by atoms with Crippen molar-refractivity contribution >= 4 is 62.0 Å². The largest absolute Gasteiger partial charge is 0.453 e. The van der Waals surface area contributed by atoms with Gasteiger partial charge in [0.05, 0.1) is 48.5 Å². The number of rotatable bonds is 13. The van der Waals surface area contributed by atoms with Gasteiger partial charge >= 0.3 is 12.2 Å². The molecule has 1 aliphatic heterocycles. The number of nitrogens with zero attached hydrogens (tertiary/aromatic N) is 5. The number of hydrogen-bond donors (Lipinski definition) is 5. The fraction of sp³-hybridized carbons (Fsp3) is 0.452. The van der Waals surface area contributed by atoms with Crippen LogP contribution in [-0.2, 0) is 14.3 Å². The Morgan fingerprint density at radius 3 is 2.39 bits per heavy atom. The highest BCUT2D eigenvalue weighted by Crippen LogP contribution is 2.36. The van der Waals surface area contributed by atoms with Gasteiger partial charge in [-0.15, -0.1) is 0 Å². The summed E-state index contributed by atoms with van der Waals surface area (Å²) in [5.41, 5.74) is 12.7.